The Morgan fingerprint density at radius 3 is 2.10 bits per heavy atom. The molecule has 0 heterocycles. The Morgan fingerprint density at radius 1 is 1.60 bits per heavy atom. The Labute approximate surface area is 62.1 Å². The van der Waals surface area contributed by atoms with Gasteiger partial charge in [-0.25, -0.2) is 0 Å². The van der Waals surface area contributed by atoms with Crippen LogP contribution in [0, 0.1) is 0 Å². The highest BCUT2D eigenvalue weighted by molar-refractivity contribution is 6.75. The molecule has 0 fully saturated rings. The summed E-state index contributed by atoms with van der Waals surface area (Å²) in [5, 5.41) is 8.60. The topological polar surface area (TPSA) is 46.5 Å². The molecule has 0 aromatic heterocycles. The summed E-state index contributed by atoms with van der Waals surface area (Å²) in [6.07, 6.45) is 0. The van der Waals surface area contributed by atoms with Crippen LogP contribution >= 0.6 is 0 Å². The summed E-state index contributed by atoms with van der Waals surface area (Å²) in [5.41, 5.74) is -0.336. The maximum atomic E-state index is 10.5. The summed E-state index contributed by atoms with van der Waals surface area (Å²) in [4.78, 5) is 10.5. The molecule has 0 aliphatic heterocycles. The van der Waals surface area contributed by atoms with Crippen molar-refractivity contribution in [1.29, 1.82) is 0 Å². The predicted octanol–water partition coefficient (Wildman–Crippen LogP) is 1.31. The number of hydrogen-bond acceptors (Lipinski definition) is 2. The van der Waals surface area contributed by atoms with Crippen LogP contribution in [-0.2, 0) is 9.22 Å². The van der Waals surface area contributed by atoms with Crippen LogP contribution in [0.3, 0.4) is 0 Å². The molecule has 0 spiro atoms. The first-order chi connectivity index (χ1) is 4.41. The van der Waals surface area contributed by atoms with Crippen molar-refractivity contribution in [1.82, 2.24) is 0 Å². The fourth-order valence-electron chi connectivity index (χ4n) is 0.474. The molecule has 1 atom stereocenters. The van der Waals surface area contributed by atoms with E-state index in [4.69, 9.17) is 9.53 Å². The van der Waals surface area contributed by atoms with Gasteiger partial charge >= 0.3 is 5.97 Å². The zero-order valence-electron chi connectivity index (χ0n) is 6.84. The lowest BCUT2D eigenvalue weighted by Crippen LogP contribution is -2.37. The molecule has 1 unspecified atom stereocenters. The van der Waals surface area contributed by atoms with Gasteiger partial charge in [-0.2, -0.15) is 0 Å². The van der Waals surface area contributed by atoms with Gasteiger partial charge < -0.3 is 9.53 Å². The molecule has 0 aromatic rings. The molecule has 0 bridgehead atoms. The van der Waals surface area contributed by atoms with Crippen LogP contribution in [0.5, 0.6) is 0 Å². The lowest BCUT2D eigenvalue weighted by Gasteiger charge is -2.23. The van der Waals surface area contributed by atoms with Crippen LogP contribution in [0.2, 0.25) is 18.6 Å². The van der Waals surface area contributed by atoms with Crippen LogP contribution in [-0.4, -0.2) is 26.5 Å². The molecule has 0 amide bonds. The van der Waals surface area contributed by atoms with Crippen LogP contribution in [0.15, 0.2) is 0 Å². The third-order valence-electron chi connectivity index (χ3n) is 1.94. The molecule has 0 rings (SSSR count). The number of carboxylic acid groups (broad SMARTS) is 1. The number of aliphatic carboxylic acids is 1. The molecule has 3 nitrogen and oxygen atoms in total. The number of rotatable bonds is 3. The fourth-order valence-corrected chi connectivity index (χ4v) is 1.42. The van der Waals surface area contributed by atoms with Crippen molar-refractivity contribution in [2.45, 2.75) is 25.6 Å². The molecule has 1 N–H and O–H groups in total. The van der Waals surface area contributed by atoms with Crippen LogP contribution in [0.4, 0.5) is 0 Å². The number of carbonyl (C=O) groups is 1. The third kappa shape index (κ3) is 2.11. The van der Waals surface area contributed by atoms with Gasteiger partial charge in [0, 0.05) is 7.11 Å². The van der Waals surface area contributed by atoms with Gasteiger partial charge in [0.05, 0.1) is 5.54 Å². The predicted molar refractivity (Wildman–Crippen MR) is 41.6 cm³/mol. The second kappa shape index (κ2) is 3.16. The average molecular weight is 162 g/mol. The Kier molecular flexibility index (Phi) is 3.05. The van der Waals surface area contributed by atoms with E-state index in [9.17, 15) is 4.79 Å². The van der Waals surface area contributed by atoms with Crippen LogP contribution in [0.1, 0.15) is 6.92 Å². The van der Waals surface area contributed by atoms with Gasteiger partial charge in [0.15, 0.2) is 8.32 Å². The summed E-state index contributed by atoms with van der Waals surface area (Å²) in [6.45, 7) is 5.48. The second-order valence-electron chi connectivity index (χ2n) is 2.87. The number of hydrogen-bond donors (Lipinski definition) is 1. The first kappa shape index (κ1) is 9.65. The maximum absolute atomic E-state index is 10.5. The zero-order valence-corrected chi connectivity index (χ0v) is 7.84. The van der Waals surface area contributed by atoms with Crippen molar-refractivity contribution in [2.75, 3.05) is 7.11 Å². The largest absolute Gasteiger partial charge is 0.481 e. The van der Waals surface area contributed by atoms with Gasteiger partial charge in [-0.05, 0) is 13.1 Å². The quantitative estimate of drug-likeness (QED) is 0.636. The van der Waals surface area contributed by atoms with E-state index in [1.807, 2.05) is 13.1 Å². The van der Waals surface area contributed by atoms with E-state index in [2.05, 4.69) is 0 Å². The summed E-state index contributed by atoms with van der Waals surface area (Å²) >= 11 is 0. The van der Waals surface area contributed by atoms with Crippen molar-refractivity contribution in [2.24, 2.45) is 0 Å². The molecule has 0 saturated carbocycles. The van der Waals surface area contributed by atoms with Gasteiger partial charge in [0.1, 0.15) is 0 Å². The van der Waals surface area contributed by atoms with Gasteiger partial charge in [-0.3, -0.25) is 4.79 Å². The van der Waals surface area contributed by atoms with Crippen LogP contribution < -0.4 is 0 Å². The Bertz CT molecular complexity index is 133. The molecule has 0 aromatic carbocycles. The van der Waals surface area contributed by atoms with Crippen molar-refractivity contribution in [3.63, 3.8) is 0 Å². The first-order valence-electron chi connectivity index (χ1n) is 3.19. The summed E-state index contributed by atoms with van der Waals surface area (Å²) in [5.74, 6) is -0.765. The smallest absolute Gasteiger partial charge is 0.305 e. The highest BCUT2D eigenvalue weighted by Gasteiger charge is 2.34. The molecule has 4 heteroatoms. The minimum absolute atomic E-state index is 0.336. The molecular weight excluding hydrogens is 148 g/mol. The normalized spacial score (nSPS) is 14.8. The summed E-state index contributed by atoms with van der Waals surface area (Å²) in [6, 6.07) is 0. The molecular formula is C6H14O3Si. The highest BCUT2D eigenvalue weighted by atomic mass is 28.4. The SMILES string of the molecule is CO[Si](C)(C)C(C)C(=O)O. The van der Waals surface area contributed by atoms with Crippen molar-refractivity contribution < 1.29 is 14.3 Å². The van der Waals surface area contributed by atoms with Crippen molar-refractivity contribution in [3.8, 4) is 0 Å². The molecule has 0 saturated heterocycles. The Hall–Kier alpha value is -0.353. The van der Waals surface area contributed by atoms with Gasteiger partial charge in [-0.15, -0.1) is 0 Å². The molecule has 0 radical (unpaired) electrons. The van der Waals surface area contributed by atoms with Crippen molar-refractivity contribution in [3.05, 3.63) is 0 Å². The Balaban J connectivity index is 4.17. The standard InChI is InChI=1S/C6H14O3Si/c1-5(6(7)8)10(3,4)9-2/h5H,1-4H3,(H,7,8). The van der Waals surface area contributed by atoms with Crippen LogP contribution in [0.25, 0.3) is 0 Å². The van der Waals surface area contributed by atoms with Gasteiger partial charge in [0.25, 0.3) is 0 Å². The minimum atomic E-state index is -1.94. The second-order valence-corrected chi connectivity index (χ2v) is 7.35. The van der Waals surface area contributed by atoms with E-state index in [-0.39, 0.29) is 5.54 Å². The Morgan fingerprint density at radius 2 is 2.00 bits per heavy atom. The molecule has 10 heavy (non-hydrogen) atoms. The summed E-state index contributed by atoms with van der Waals surface area (Å²) < 4.78 is 5.12. The van der Waals surface area contributed by atoms with Gasteiger partial charge in [-0.1, -0.05) is 6.92 Å². The lowest BCUT2D eigenvalue weighted by atomic mass is 10.5. The fraction of sp³-hybridized carbons (Fsp3) is 0.833. The monoisotopic (exact) mass is 162 g/mol. The van der Waals surface area contributed by atoms with Gasteiger partial charge in [0.2, 0.25) is 0 Å². The number of carboxylic acids is 1. The van der Waals surface area contributed by atoms with E-state index >= 15 is 0 Å². The average Bonchev–Trinajstić information content (AvgIpc) is 1.86. The molecule has 60 valence electrons. The zero-order chi connectivity index (χ0) is 8.36. The maximum Gasteiger partial charge on any atom is 0.305 e. The van der Waals surface area contributed by atoms with E-state index in [1.54, 1.807) is 14.0 Å². The van der Waals surface area contributed by atoms with E-state index in [0.717, 1.165) is 0 Å². The molecule has 0 aliphatic rings. The third-order valence-corrected chi connectivity index (χ3v) is 5.32. The lowest BCUT2D eigenvalue weighted by molar-refractivity contribution is -0.136. The highest BCUT2D eigenvalue weighted by Crippen LogP contribution is 2.21. The minimum Gasteiger partial charge on any atom is -0.481 e. The van der Waals surface area contributed by atoms with Crippen molar-refractivity contribution >= 4 is 14.3 Å². The molecule has 0 aliphatic carbocycles. The van der Waals surface area contributed by atoms with E-state index in [0.29, 0.717) is 0 Å². The summed E-state index contributed by atoms with van der Waals surface area (Å²) in [7, 11) is -0.368. The first-order valence-corrected chi connectivity index (χ1v) is 6.18. The van der Waals surface area contributed by atoms with E-state index in [1.165, 1.54) is 0 Å². The van der Waals surface area contributed by atoms with E-state index < -0.39 is 14.3 Å².